The van der Waals surface area contributed by atoms with Gasteiger partial charge in [-0.25, -0.2) is 0 Å². The van der Waals surface area contributed by atoms with Gasteiger partial charge in [0.15, 0.2) is 0 Å². The molecule has 2 N–H and O–H groups in total. The Labute approximate surface area is 114 Å². The van der Waals surface area contributed by atoms with E-state index in [0.717, 1.165) is 37.0 Å². The van der Waals surface area contributed by atoms with Gasteiger partial charge in [0.2, 0.25) is 5.91 Å². The maximum atomic E-state index is 13.0. The summed E-state index contributed by atoms with van der Waals surface area (Å²) in [5.74, 6) is 2.70. The summed E-state index contributed by atoms with van der Waals surface area (Å²) >= 11 is 0. The molecular formula is C16H22N2O. The molecule has 1 amide bonds. The van der Waals surface area contributed by atoms with Gasteiger partial charge in [-0.15, -0.1) is 0 Å². The molecule has 5 rings (SSSR count). The van der Waals surface area contributed by atoms with Crippen LogP contribution in [0.3, 0.4) is 0 Å². The number of allylic oxidation sites excluding steroid dienone is 2. The van der Waals surface area contributed by atoms with Crippen LogP contribution in [0.4, 0.5) is 0 Å². The van der Waals surface area contributed by atoms with Crippen LogP contribution in [0.2, 0.25) is 0 Å². The third-order valence-corrected chi connectivity index (χ3v) is 5.71. The lowest BCUT2D eigenvalue weighted by atomic mass is 9.49. The van der Waals surface area contributed by atoms with Crippen molar-refractivity contribution in [2.45, 2.75) is 44.7 Å². The van der Waals surface area contributed by atoms with E-state index in [0.29, 0.717) is 5.91 Å². The average Bonchev–Trinajstić information content (AvgIpc) is 2.37. The van der Waals surface area contributed by atoms with E-state index in [2.05, 4.69) is 0 Å². The molecule has 5 aliphatic rings. The first-order chi connectivity index (χ1) is 9.16. The van der Waals surface area contributed by atoms with Gasteiger partial charge in [0.05, 0.1) is 5.41 Å². The zero-order valence-electron chi connectivity index (χ0n) is 11.3. The van der Waals surface area contributed by atoms with E-state index in [9.17, 15) is 4.79 Å². The van der Waals surface area contributed by atoms with Crippen LogP contribution in [0, 0.1) is 23.2 Å². The van der Waals surface area contributed by atoms with Gasteiger partial charge in [-0.1, -0.05) is 6.08 Å². The molecule has 0 aromatic rings. The molecule has 3 nitrogen and oxygen atoms in total. The lowest BCUT2D eigenvalue weighted by Crippen LogP contribution is -2.56. The van der Waals surface area contributed by atoms with Gasteiger partial charge in [0, 0.05) is 6.20 Å². The molecule has 0 spiro atoms. The van der Waals surface area contributed by atoms with Gasteiger partial charge >= 0.3 is 0 Å². The van der Waals surface area contributed by atoms with Crippen LogP contribution < -0.4 is 5.73 Å². The third kappa shape index (κ3) is 1.71. The fourth-order valence-electron chi connectivity index (χ4n) is 5.36. The highest BCUT2D eigenvalue weighted by atomic mass is 16.2. The molecular weight excluding hydrogens is 236 g/mol. The van der Waals surface area contributed by atoms with Crippen LogP contribution in [0.25, 0.3) is 0 Å². The van der Waals surface area contributed by atoms with Crippen molar-refractivity contribution in [2.75, 3.05) is 0 Å². The molecule has 1 atom stereocenters. The monoisotopic (exact) mass is 258 g/mol. The van der Waals surface area contributed by atoms with Crippen molar-refractivity contribution in [1.82, 2.24) is 4.90 Å². The van der Waals surface area contributed by atoms with Crippen molar-refractivity contribution in [1.29, 1.82) is 0 Å². The van der Waals surface area contributed by atoms with Crippen LogP contribution in [0.15, 0.2) is 24.4 Å². The molecule has 0 saturated heterocycles. The predicted molar refractivity (Wildman–Crippen MR) is 73.7 cm³/mol. The van der Waals surface area contributed by atoms with E-state index in [1.54, 1.807) is 4.90 Å². The maximum Gasteiger partial charge on any atom is 0.234 e. The van der Waals surface area contributed by atoms with E-state index in [-0.39, 0.29) is 11.6 Å². The van der Waals surface area contributed by atoms with E-state index in [1.807, 2.05) is 24.4 Å². The van der Waals surface area contributed by atoms with Gasteiger partial charge in [0.25, 0.3) is 0 Å². The molecule has 4 saturated carbocycles. The number of hydrogen-bond acceptors (Lipinski definition) is 2. The topological polar surface area (TPSA) is 46.3 Å². The molecule has 1 heterocycles. The first-order valence-corrected chi connectivity index (χ1v) is 7.60. The fraction of sp³-hybridized carbons (Fsp3) is 0.688. The summed E-state index contributed by atoms with van der Waals surface area (Å²) in [6.07, 6.45) is 14.8. The van der Waals surface area contributed by atoms with Crippen LogP contribution in [0.5, 0.6) is 0 Å². The Hall–Kier alpha value is -1.09. The Morgan fingerprint density at radius 1 is 1.05 bits per heavy atom. The molecule has 4 aliphatic carbocycles. The number of nitrogens with two attached hydrogens (primary N) is 1. The molecule has 0 aromatic carbocycles. The molecule has 0 radical (unpaired) electrons. The van der Waals surface area contributed by atoms with Crippen LogP contribution in [-0.2, 0) is 4.79 Å². The zero-order chi connectivity index (χ0) is 13.0. The molecule has 4 fully saturated rings. The Morgan fingerprint density at radius 3 is 2.16 bits per heavy atom. The average molecular weight is 258 g/mol. The van der Waals surface area contributed by atoms with E-state index in [4.69, 9.17) is 5.73 Å². The molecule has 0 aromatic heterocycles. The van der Waals surface area contributed by atoms with Crippen molar-refractivity contribution in [3.05, 3.63) is 24.4 Å². The van der Waals surface area contributed by atoms with Crippen molar-refractivity contribution in [3.63, 3.8) is 0 Å². The Balaban J connectivity index is 1.63. The summed E-state index contributed by atoms with van der Waals surface area (Å²) in [5.41, 5.74) is 5.98. The first kappa shape index (κ1) is 11.7. The molecule has 1 aliphatic heterocycles. The van der Waals surface area contributed by atoms with E-state index >= 15 is 0 Å². The minimum atomic E-state index is -0.273. The van der Waals surface area contributed by atoms with Gasteiger partial charge in [-0.05, 0) is 68.4 Å². The standard InChI is InChI=1S/C16H22N2O/c17-14-3-1-2-4-18(14)15(19)16-8-11-5-12(9-16)7-13(6-11)10-16/h1-4,11-14H,5-10,17H2. The molecule has 4 bridgehead atoms. The maximum absolute atomic E-state index is 13.0. The fourth-order valence-corrected chi connectivity index (χ4v) is 5.36. The minimum absolute atomic E-state index is 0.0815. The lowest BCUT2D eigenvalue weighted by molar-refractivity contribution is -0.156. The van der Waals surface area contributed by atoms with Crippen molar-refractivity contribution in [2.24, 2.45) is 28.9 Å². The lowest BCUT2D eigenvalue weighted by Gasteiger charge is -2.56. The van der Waals surface area contributed by atoms with Gasteiger partial charge in [-0.2, -0.15) is 0 Å². The molecule has 1 unspecified atom stereocenters. The largest absolute Gasteiger partial charge is 0.308 e. The van der Waals surface area contributed by atoms with Crippen molar-refractivity contribution in [3.8, 4) is 0 Å². The molecule has 3 heteroatoms. The number of nitrogens with zero attached hydrogens (tertiary/aromatic N) is 1. The van der Waals surface area contributed by atoms with Gasteiger partial charge in [0.1, 0.15) is 6.17 Å². The first-order valence-electron chi connectivity index (χ1n) is 7.60. The predicted octanol–water partition coefficient (Wildman–Crippen LogP) is 2.40. The number of carbonyl (C=O) groups excluding carboxylic acids is 1. The number of hydrogen-bond donors (Lipinski definition) is 1. The normalized spacial score (nSPS) is 46.9. The highest BCUT2D eigenvalue weighted by Crippen LogP contribution is 2.60. The summed E-state index contributed by atoms with van der Waals surface area (Å²) in [5, 5.41) is 0. The summed E-state index contributed by atoms with van der Waals surface area (Å²) in [6.45, 7) is 0. The number of rotatable bonds is 1. The Bertz CT molecular complexity index is 430. The number of carbonyl (C=O) groups is 1. The van der Waals surface area contributed by atoms with Gasteiger partial charge in [-0.3, -0.25) is 9.69 Å². The van der Waals surface area contributed by atoms with Crippen LogP contribution >= 0.6 is 0 Å². The Morgan fingerprint density at radius 2 is 1.63 bits per heavy atom. The van der Waals surface area contributed by atoms with Crippen LogP contribution in [0.1, 0.15) is 38.5 Å². The second-order valence-electron chi connectivity index (χ2n) is 7.13. The van der Waals surface area contributed by atoms with E-state index < -0.39 is 0 Å². The third-order valence-electron chi connectivity index (χ3n) is 5.71. The summed E-state index contributed by atoms with van der Waals surface area (Å²) in [7, 11) is 0. The van der Waals surface area contributed by atoms with Crippen molar-refractivity contribution >= 4 is 5.91 Å². The second-order valence-corrected chi connectivity index (χ2v) is 7.13. The summed E-state index contributed by atoms with van der Waals surface area (Å²) in [4.78, 5) is 14.8. The Kier molecular flexibility index (Phi) is 2.44. The quantitative estimate of drug-likeness (QED) is 0.785. The molecule has 102 valence electrons. The summed E-state index contributed by atoms with van der Waals surface area (Å²) in [6, 6.07) is 0. The van der Waals surface area contributed by atoms with E-state index in [1.165, 1.54) is 19.3 Å². The van der Waals surface area contributed by atoms with Gasteiger partial charge < -0.3 is 5.73 Å². The minimum Gasteiger partial charge on any atom is -0.308 e. The summed E-state index contributed by atoms with van der Waals surface area (Å²) < 4.78 is 0. The SMILES string of the molecule is NC1C=CC=CN1C(=O)C12CC3CC(CC(C3)C1)C2. The van der Waals surface area contributed by atoms with Crippen LogP contribution in [-0.4, -0.2) is 17.0 Å². The van der Waals surface area contributed by atoms with Crippen molar-refractivity contribution < 1.29 is 4.79 Å². The smallest absolute Gasteiger partial charge is 0.234 e. The highest BCUT2D eigenvalue weighted by molar-refractivity contribution is 5.85. The number of amides is 1. The zero-order valence-corrected chi connectivity index (χ0v) is 11.3. The highest BCUT2D eigenvalue weighted by Gasteiger charge is 2.55. The second kappa shape index (κ2) is 3.95. The molecule has 19 heavy (non-hydrogen) atoms.